The molecule has 4 atom stereocenters. The van der Waals surface area contributed by atoms with E-state index in [1.54, 1.807) is 42.5 Å². The second-order valence-corrected chi connectivity index (χ2v) is 11.7. The minimum absolute atomic E-state index is 0.225. The number of nitrogens with zero attached hydrogens (tertiary/aromatic N) is 1. The quantitative estimate of drug-likeness (QED) is 0.254. The first-order chi connectivity index (χ1) is 19.4. The molecule has 1 saturated heterocycles. The van der Waals surface area contributed by atoms with Gasteiger partial charge in [0.25, 0.3) is 0 Å². The lowest BCUT2D eigenvalue weighted by Crippen LogP contribution is -2.51. The van der Waals surface area contributed by atoms with Crippen LogP contribution in [0.25, 0.3) is 6.08 Å². The van der Waals surface area contributed by atoms with Crippen molar-refractivity contribution in [2.24, 2.45) is 5.92 Å². The van der Waals surface area contributed by atoms with Gasteiger partial charge in [0, 0.05) is 32.0 Å². The van der Waals surface area contributed by atoms with Crippen LogP contribution >= 0.6 is 27.5 Å². The van der Waals surface area contributed by atoms with Crippen molar-refractivity contribution in [3.05, 3.63) is 135 Å². The van der Waals surface area contributed by atoms with E-state index in [9.17, 15) is 14.4 Å². The third-order valence-corrected chi connectivity index (χ3v) is 9.10. The first-order valence-corrected chi connectivity index (χ1v) is 14.1. The van der Waals surface area contributed by atoms with E-state index in [1.165, 1.54) is 0 Å². The maximum absolute atomic E-state index is 14.7. The van der Waals surface area contributed by atoms with Gasteiger partial charge in [0.2, 0.25) is 5.91 Å². The first-order valence-electron chi connectivity index (χ1n) is 13.0. The van der Waals surface area contributed by atoms with Crippen LogP contribution in [0.2, 0.25) is 5.02 Å². The highest BCUT2D eigenvalue weighted by Crippen LogP contribution is 2.58. The number of nitrogens with one attached hydrogen (secondary N) is 1. The minimum Gasteiger partial charge on any atom is -0.352 e. The Morgan fingerprint density at radius 3 is 2.33 bits per heavy atom. The zero-order valence-corrected chi connectivity index (χ0v) is 23.4. The molecule has 1 N–H and O–H groups in total. The summed E-state index contributed by atoms with van der Waals surface area (Å²) in [5.74, 6) is -1.77. The number of rotatable bonds is 4. The van der Waals surface area contributed by atoms with Gasteiger partial charge >= 0.3 is 0 Å². The highest BCUT2D eigenvalue weighted by Gasteiger charge is 2.70. The molecule has 5 nitrogen and oxygen atoms in total. The van der Waals surface area contributed by atoms with Gasteiger partial charge < -0.3 is 10.2 Å². The van der Waals surface area contributed by atoms with Gasteiger partial charge in [-0.15, -0.1) is 0 Å². The molecule has 196 valence electrons. The maximum atomic E-state index is 14.7. The Morgan fingerprint density at radius 2 is 1.55 bits per heavy atom. The van der Waals surface area contributed by atoms with Crippen LogP contribution in [0.3, 0.4) is 0 Å². The summed E-state index contributed by atoms with van der Waals surface area (Å²) in [6, 6.07) is 27.5. The van der Waals surface area contributed by atoms with Crippen molar-refractivity contribution >= 4 is 62.5 Å². The monoisotopic (exact) mass is 608 g/mol. The Balaban J connectivity index is 1.54. The van der Waals surface area contributed by atoms with Crippen molar-refractivity contribution in [1.29, 1.82) is 0 Å². The third kappa shape index (κ3) is 3.49. The molecule has 7 heteroatoms. The molecular weight excluding hydrogens is 588 g/mol. The number of para-hydroxylation sites is 1. The van der Waals surface area contributed by atoms with Crippen LogP contribution in [0.1, 0.15) is 31.8 Å². The van der Waals surface area contributed by atoms with Crippen molar-refractivity contribution < 1.29 is 14.4 Å². The molecule has 3 heterocycles. The summed E-state index contributed by atoms with van der Waals surface area (Å²) >= 11 is 9.81. The molecule has 3 aliphatic rings. The van der Waals surface area contributed by atoms with Gasteiger partial charge in [-0.2, -0.15) is 0 Å². The molecule has 0 saturated carbocycles. The van der Waals surface area contributed by atoms with Gasteiger partial charge in [0.1, 0.15) is 11.5 Å². The van der Waals surface area contributed by atoms with Crippen molar-refractivity contribution in [1.82, 2.24) is 0 Å². The number of carbonyl (C=O) groups excluding carboxylic acids is 3. The van der Waals surface area contributed by atoms with E-state index in [0.717, 1.165) is 21.3 Å². The summed E-state index contributed by atoms with van der Waals surface area (Å²) < 4.78 is 0.840. The van der Waals surface area contributed by atoms with Gasteiger partial charge in [0.15, 0.2) is 11.6 Å². The summed E-state index contributed by atoms with van der Waals surface area (Å²) in [6.45, 7) is 0. The normalized spacial score (nSPS) is 23.9. The Kier molecular flexibility index (Phi) is 5.81. The summed E-state index contributed by atoms with van der Waals surface area (Å²) in [5.41, 5.74) is 2.54. The van der Waals surface area contributed by atoms with Crippen LogP contribution in [0.4, 0.5) is 11.4 Å². The topological polar surface area (TPSA) is 66.5 Å². The molecule has 0 aromatic heterocycles. The van der Waals surface area contributed by atoms with E-state index in [-0.39, 0.29) is 17.5 Å². The SMILES string of the molecule is O=C(c1ccc(Br)cc1)[C@@H]1[C@H](C(=O)c2ccccc2)[C@@]2(C(=O)Nc3ccccc32)[C@@H]2C=Cc3cc(Cl)ccc3N12. The number of carbonyl (C=O) groups is 3. The highest BCUT2D eigenvalue weighted by atomic mass is 79.9. The van der Waals surface area contributed by atoms with Gasteiger partial charge in [-0.3, -0.25) is 14.4 Å². The van der Waals surface area contributed by atoms with Crippen molar-refractivity contribution in [3.8, 4) is 0 Å². The maximum Gasteiger partial charge on any atom is 0.238 e. The van der Waals surface area contributed by atoms with Crippen LogP contribution < -0.4 is 10.2 Å². The predicted molar refractivity (Wildman–Crippen MR) is 160 cm³/mol. The summed E-state index contributed by atoms with van der Waals surface area (Å²) in [4.78, 5) is 45.6. The number of Topliss-reactive ketones (excluding diaryl/α,β-unsaturated/α-hetero) is 2. The minimum atomic E-state index is -1.34. The molecule has 4 aromatic rings. The molecule has 40 heavy (non-hydrogen) atoms. The molecular formula is C33H22BrClN2O3. The van der Waals surface area contributed by atoms with E-state index in [4.69, 9.17) is 11.6 Å². The molecule has 0 unspecified atom stereocenters. The number of fused-ring (bicyclic) bond motifs is 6. The van der Waals surface area contributed by atoms with Crippen molar-refractivity contribution in [2.75, 3.05) is 10.2 Å². The van der Waals surface area contributed by atoms with Gasteiger partial charge in [0.05, 0.1) is 12.0 Å². The number of hydrogen-bond acceptors (Lipinski definition) is 4. The largest absolute Gasteiger partial charge is 0.352 e. The average Bonchev–Trinajstić information content (AvgIpc) is 3.45. The fourth-order valence-electron chi connectivity index (χ4n) is 6.72. The van der Waals surface area contributed by atoms with E-state index < -0.39 is 23.4 Å². The molecule has 7 rings (SSSR count). The summed E-state index contributed by atoms with van der Waals surface area (Å²) in [7, 11) is 0. The molecule has 1 amide bonds. The standard InChI is InChI=1S/C33H22BrClN2O3/c34-22-13-10-20(11-14-22)31(39)29-28(30(38)19-6-2-1-3-7-19)33(24-8-4-5-9-25(24)36-32(33)40)27-17-12-21-18-23(35)15-16-26(21)37(27)29/h1-18,27-29H,(H,36,40)/t27-,28+,29-,33-/m0/s1. The predicted octanol–water partition coefficient (Wildman–Crippen LogP) is 6.96. The zero-order valence-electron chi connectivity index (χ0n) is 21.1. The molecule has 0 bridgehead atoms. The fraction of sp³-hybridized carbons (Fsp3) is 0.121. The summed E-state index contributed by atoms with van der Waals surface area (Å²) in [5, 5.41) is 3.61. The Bertz CT molecular complexity index is 1740. The number of amides is 1. The lowest BCUT2D eigenvalue weighted by Gasteiger charge is -2.37. The van der Waals surface area contributed by atoms with E-state index in [1.807, 2.05) is 71.6 Å². The van der Waals surface area contributed by atoms with E-state index in [0.29, 0.717) is 21.8 Å². The highest BCUT2D eigenvalue weighted by molar-refractivity contribution is 9.10. The number of ketones is 2. The Labute approximate surface area is 244 Å². The number of halogens is 2. The summed E-state index contributed by atoms with van der Waals surface area (Å²) in [6.07, 6.45) is 3.88. The lowest BCUT2D eigenvalue weighted by molar-refractivity contribution is -0.121. The molecule has 3 aliphatic heterocycles. The molecule has 0 aliphatic carbocycles. The van der Waals surface area contributed by atoms with Crippen molar-refractivity contribution in [3.63, 3.8) is 0 Å². The van der Waals surface area contributed by atoms with Gasteiger partial charge in [-0.1, -0.05) is 100 Å². The molecule has 1 spiro atoms. The second kappa shape index (κ2) is 9.29. The van der Waals surface area contributed by atoms with Crippen LogP contribution in [0.5, 0.6) is 0 Å². The van der Waals surface area contributed by atoms with Crippen LogP contribution in [0.15, 0.2) is 108 Å². The number of anilines is 2. The number of benzene rings is 4. The van der Waals surface area contributed by atoms with Crippen LogP contribution in [-0.2, 0) is 10.2 Å². The number of hydrogen-bond donors (Lipinski definition) is 1. The zero-order chi connectivity index (χ0) is 27.6. The average molecular weight is 610 g/mol. The van der Waals surface area contributed by atoms with E-state index >= 15 is 0 Å². The molecule has 1 fully saturated rings. The Hall–Kier alpha value is -4.00. The third-order valence-electron chi connectivity index (χ3n) is 8.33. The van der Waals surface area contributed by atoms with Crippen LogP contribution in [0, 0.1) is 5.92 Å². The van der Waals surface area contributed by atoms with E-state index in [2.05, 4.69) is 21.2 Å². The lowest BCUT2D eigenvalue weighted by atomic mass is 9.64. The van der Waals surface area contributed by atoms with Gasteiger partial charge in [-0.25, -0.2) is 0 Å². The second-order valence-electron chi connectivity index (χ2n) is 10.3. The smallest absolute Gasteiger partial charge is 0.238 e. The Morgan fingerprint density at radius 1 is 0.850 bits per heavy atom. The fourth-order valence-corrected chi connectivity index (χ4v) is 7.16. The van der Waals surface area contributed by atoms with Gasteiger partial charge in [-0.05, 0) is 47.5 Å². The van der Waals surface area contributed by atoms with Crippen molar-refractivity contribution in [2.45, 2.75) is 17.5 Å². The first kappa shape index (κ1) is 25.0. The molecule has 4 aromatic carbocycles. The van der Waals surface area contributed by atoms with Crippen LogP contribution in [-0.4, -0.2) is 29.6 Å². The molecule has 0 radical (unpaired) electrons.